The normalized spacial score (nSPS) is 25.9. The van der Waals surface area contributed by atoms with E-state index >= 15 is 0 Å². The van der Waals surface area contributed by atoms with Crippen LogP contribution in [0.15, 0.2) is 42.5 Å². The first kappa shape index (κ1) is 11.7. The number of carbonyl (C=O) groups excluding carboxylic acids is 1. The molecule has 0 aromatic heterocycles. The first-order valence-electron chi connectivity index (χ1n) is 6.75. The van der Waals surface area contributed by atoms with E-state index in [1.165, 1.54) is 5.56 Å². The van der Waals surface area contributed by atoms with Crippen LogP contribution < -0.4 is 0 Å². The molecule has 1 spiro atoms. The Morgan fingerprint density at radius 1 is 1.22 bits per heavy atom. The van der Waals surface area contributed by atoms with E-state index in [0.29, 0.717) is 0 Å². The maximum atomic E-state index is 11.3. The lowest BCUT2D eigenvalue weighted by atomic mass is 9.93. The van der Waals surface area contributed by atoms with Gasteiger partial charge in [-0.3, -0.25) is 4.90 Å². The van der Waals surface area contributed by atoms with Crippen molar-refractivity contribution >= 4 is 6.29 Å². The molecule has 0 unspecified atom stereocenters. The zero-order chi connectivity index (χ0) is 12.4. The average molecular weight is 241 g/mol. The number of hydrogen-bond acceptors (Lipinski definition) is 2. The van der Waals surface area contributed by atoms with Gasteiger partial charge >= 0.3 is 0 Å². The third-order valence-electron chi connectivity index (χ3n) is 4.43. The molecule has 2 aliphatic rings. The molecule has 1 aromatic carbocycles. The summed E-state index contributed by atoms with van der Waals surface area (Å²) in [5.74, 6) is 0. The molecule has 0 saturated carbocycles. The van der Waals surface area contributed by atoms with Crippen LogP contribution in [0.4, 0.5) is 0 Å². The lowest BCUT2D eigenvalue weighted by Gasteiger charge is -2.37. The van der Waals surface area contributed by atoms with Gasteiger partial charge in [0.1, 0.15) is 6.29 Å². The van der Waals surface area contributed by atoms with E-state index in [0.717, 1.165) is 38.5 Å². The molecular weight excluding hydrogens is 222 g/mol. The van der Waals surface area contributed by atoms with E-state index in [4.69, 9.17) is 0 Å². The fourth-order valence-corrected chi connectivity index (χ4v) is 3.40. The van der Waals surface area contributed by atoms with Gasteiger partial charge in [0.25, 0.3) is 0 Å². The fraction of sp³-hybridized carbons (Fsp3) is 0.438. The number of likely N-dealkylation sites (tertiary alicyclic amines) is 1. The van der Waals surface area contributed by atoms with Gasteiger partial charge in [-0.2, -0.15) is 0 Å². The van der Waals surface area contributed by atoms with Crippen molar-refractivity contribution in [2.24, 2.45) is 0 Å². The molecule has 1 aliphatic carbocycles. The molecule has 0 bridgehead atoms. The molecule has 0 radical (unpaired) electrons. The highest BCUT2D eigenvalue weighted by Gasteiger charge is 2.45. The highest BCUT2D eigenvalue weighted by atomic mass is 16.1. The Hall–Kier alpha value is -1.41. The summed E-state index contributed by atoms with van der Waals surface area (Å²) in [6, 6.07) is 10.6. The molecule has 3 rings (SSSR count). The van der Waals surface area contributed by atoms with Crippen LogP contribution in [0.3, 0.4) is 0 Å². The average Bonchev–Trinajstić information content (AvgIpc) is 3.01. The Morgan fingerprint density at radius 2 is 1.94 bits per heavy atom. The van der Waals surface area contributed by atoms with Crippen LogP contribution >= 0.6 is 0 Å². The lowest BCUT2D eigenvalue weighted by Crippen LogP contribution is -2.45. The predicted octanol–water partition coefficient (Wildman–Crippen LogP) is 2.94. The highest BCUT2D eigenvalue weighted by Crippen LogP contribution is 2.43. The van der Waals surface area contributed by atoms with Crippen LogP contribution in [0.5, 0.6) is 0 Å². The van der Waals surface area contributed by atoms with E-state index in [1.807, 2.05) is 6.07 Å². The number of rotatable bonds is 3. The molecule has 1 aromatic rings. The second-order valence-electron chi connectivity index (χ2n) is 5.46. The molecule has 1 heterocycles. The second kappa shape index (κ2) is 4.69. The Bertz CT molecular complexity index is 443. The number of nitrogens with zero attached hydrogens (tertiary/aromatic N) is 1. The van der Waals surface area contributed by atoms with Crippen LogP contribution in [0.2, 0.25) is 0 Å². The standard InChI is InChI=1S/C16H19NO/c18-13-15-8-11-16(9-4-5-10-16)17(15)12-14-6-2-1-3-7-14/h1-7,13,15H,8-12H2/t15-/m1/s1. The van der Waals surface area contributed by atoms with Crippen LogP contribution in [-0.4, -0.2) is 22.8 Å². The largest absolute Gasteiger partial charge is 0.302 e. The van der Waals surface area contributed by atoms with Gasteiger partial charge < -0.3 is 4.79 Å². The Balaban J connectivity index is 1.84. The van der Waals surface area contributed by atoms with Crippen LogP contribution in [0, 0.1) is 0 Å². The van der Waals surface area contributed by atoms with Crippen molar-refractivity contribution in [1.82, 2.24) is 4.90 Å². The van der Waals surface area contributed by atoms with Crippen molar-refractivity contribution in [2.45, 2.75) is 43.8 Å². The smallest absolute Gasteiger partial charge is 0.137 e. The summed E-state index contributed by atoms with van der Waals surface area (Å²) in [5, 5.41) is 0. The Labute approximate surface area is 108 Å². The molecule has 2 heteroatoms. The van der Waals surface area contributed by atoms with E-state index in [1.54, 1.807) is 0 Å². The minimum Gasteiger partial charge on any atom is -0.302 e. The van der Waals surface area contributed by atoms with Crippen molar-refractivity contribution in [2.75, 3.05) is 0 Å². The summed E-state index contributed by atoms with van der Waals surface area (Å²) in [5.41, 5.74) is 1.53. The Kier molecular flexibility index (Phi) is 3.04. The predicted molar refractivity (Wildman–Crippen MR) is 72.2 cm³/mol. The van der Waals surface area contributed by atoms with Crippen LogP contribution in [0.1, 0.15) is 31.2 Å². The van der Waals surface area contributed by atoms with E-state index in [2.05, 4.69) is 41.3 Å². The quantitative estimate of drug-likeness (QED) is 0.599. The fourth-order valence-electron chi connectivity index (χ4n) is 3.40. The van der Waals surface area contributed by atoms with Gasteiger partial charge in [-0.25, -0.2) is 0 Å². The maximum absolute atomic E-state index is 11.3. The van der Waals surface area contributed by atoms with E-state index in [9.17, 15) is 4.79 Å². The zero-order valence-corrected chi connectivity index (χ0v) is 10.6. The van der Waals surface area contributed by atoms with Gasteiger partial charge in [-0.1, -0.05) is 42.5 Å². The van der Waals surface area contributed by atoms with Crippen LogP contribution in [-0.2, 0) is 11.3 Å². The third kappa shape index (κ3) is 1.91. The maximum Gasteiger partial charge on any atom is 0.137 e. The summed E-state index contributed by atoms with van der Waals surface area (Å²) < 4.78 is 0. The zero-order valence-electron chi connectivity index (χ0n) is 10.6. The van der Waals surface area contributed by atoms with Gasteiger partial charge in [0, 0.05) is 12.1 Å². The minimum atomic E-state index is 0.102. The SMILES string of the molecule is O=C[C@H]1CCC2(CC=CC2)N1Cc1ccccc1. The number of hydrogen-bond donors (Lipinski definition) is 0. The van der Waals surface area contributed by atoms with Gasteiger partial charge in [0.2, 0.25) is 0 Å². The molecule has 1 saturated heterocycles. The Morgan fingerprint density at radius 3 is 2.61 bits per heavy atom. The summed E-state index contributed by atoms with van der Waals surface area (Å²) in [6.45, 7) is 0.895. The molecule has 18 heavy (non-hydrogen) atoms. The second-order valence-corrected chi connectivity index (χ2v) is 5.46. The highest BCUT2D eigenvalue weighted by molar-refractivity contribution is 5.59. The minimum absolute atomic E-state index is 0.102. The first-order valence-corrected chi connectivity index (χ1v) is 6.75. The van der Waals surface area contributed by atoms with Crippen molar-refractivity contribution in [3.63, 3.8) is 0 Å². The molecule has 0 amide bonds. The first-order chi connectivity index (χ1) is 8.84. The molecule has 1 fully saturated rings. The topological polar surface area (TPSA) is 20.3 Å². The van der Waals surface area contributed by atoms with Gasteiger partial charge in [0.15, 0.2) is 0 Å². The van der Waals surface area contributed by atoms with Gasteiger partial charge in [0.05, 0.1) is 6.04 Å². The van der Waals surface area contributed by atoms with Crippen molar-refractivity contribution in [3.05, 3.63) is 48.0 Å². The molecule has 1 atom stereocenters. The lowest BCUT2D eigenvalue weighted by molar-refractivity contribution is -0.113. The molecular formula is C16H19NO. The number of benzene rings is 1. The van der Waals surface area contributed by atoms with Gasteiger partial charge in [-0.05, 0) is 31.2 Å². The van der Waals surface area contributed by atoms with Crippen molar-refractivity contribution in [1.29, 1.82) is 0 Å². The number of carbonyl (C=O) groups is 1. The monoisotopic (exact) mass is 241 g/mol. The molecule has 0 N–H and O–H groups in total. The summed E-state index contributed by atoms with van der Waals surface area (Å²) in [6.07, 6.45) is 10.0. The summed E-state index contributed by atoms with van der Waals surface area (Å²) in [7, 11) is 0. The van der Waals surface area contributed by atoms with E-state index < -0.39 is 0 Å². The van der Waals surface area contributed by atoms with E-state index in [-0.39, 0.29) is 11.6 Å². The van der Waals surface area contributed by atoms with Crippen molar-refractivity contribution in [3.8, 4) is 0 Å². The van der Waals surface area contributed by atoms with Crippen molar-refractivity contribution < 1.29 is 4.79 Å². The third-order valence-corrected chi connectivity index (χ3v) is 4.43. The molecule has 2 nitrogen and oxygen atoms in total. The van der Waals surface area contributed by atoms with Gasteiger partial charge in [-0.15, -0.1) is 0 Å². The number of aldehydes is 1. The molecule has 94 valence electrons. The molecule has 1 aliphatic heterocycles. The summed E-state index contributed by atoms with van der Waals surface area (Å²) in [4.78, 5) is 13.7. The van der Waals surface area contributed by atoms with Crippen LogP contribution in [0.25, 0.3) is 0 Å². The summed E-state index contributed by atoms with van der Waals surface area (Å²) >= 11 is 0.